The van der Waals surface area contributed by atoms with Crippen molar-refractivity contribution in [3.8, 4) is 11.5 Å². The van der Waals surface area contributed by atoms with E-state index in [9.17, 15) is 19.2 Å². The van der Waals surface area contributed by atoms with Gasteiger partial charge in [0.25, 0.3) is 23.6 Å². The van der Waals surface area contributed by atoms with Crippen molar-refractivity contribution in [3.05, 3.63) is 118 Å². The van der Waals surface area contributed by atoms with Crippen molar-refractivity contribution in [2.75, 3.05) is 14.2 Å². The smallest absolute Gasteiger partial charge is 0.261 e. The number of rotatable bonds is 8. The standard InChI is InChI=1S/C32H24N4O6/c1-41-27-13-11-19(17-35-29(37)21-7-3-4-8-22(21)30(35)38)15-25(27)33-34-26-16-20(12-14-28(26)42-2)18-36-31(39)23-9-5-6-10-24(23)32(36)40/h3-16H,17-18H2,1-2H3. The highest BCUT2D eigenvalue weighted by Crippen LogP contribution is 2.35. The predicted molar refractivity (Wildman–Crippen MR) is 151 cm³/mol. The molecule has 10 nitrogen and oxygen atoms in total. The van der Waals surface area contributed by atoms with Gasteiger partial charge in [0.05, 0.1) is 49.6 Å². The summed E-state index contributed by atoms with van der Waals surface area (Å²) in [6.07, 6.45) is 0. The molecular formula is C32H24N4O6. The molecule has 0 spiro atoms. The average Bonchev–Trinajstić information content (AvgIpc) is 3.40. The summed E-state index contributed by atoms with van der Waals surface area (Å²) < 4.78 is 10.9. The van der Waals surface area contributed by atoms with Crippen LogP contribution in [0.1, 0.15) is 52.6 Å². The summed E-state index contributed by atoms with van der Waals surface area (Å²) in [6, 6.07) is 23.7. The second kappa shape index (κ2) is 10.7. The van der Waals surface area contributed by atoms with Crippen molar-refractivity contribution < 1.29 is 28.7 Å². The van der Waals surface area contributed by atoms with Crippen molar-refractivity contribution in [3.63, 3.8) is 0 Å². The normalized spacial score (nSPS) is 14.1. The minimum absolute atomic E-state index is 0.0535. The van der Waals surface area contributed by atoms with Gasteiger partial charge >= 0.3 is 0 Å². The first-order chi connectivity index (χ1) is 20.4. The molecular weight excluding hydrogens is 536 g/mol. The molecule has 4 aromatic carbocycles. The van der Waals surface area contributed by atoms with Gasteiger partial charge in [-0.05, 0) is 59.7 Å². The average molecular weight is 561 g/mol. The third-order valence-corrected chi connectivity index (χ3v) is 7.19. The third-order valence-electron chi connectivity index (χ3n) is 7.19. The van der Waals surface area contributed by atoms with Crippen LogP contribution in [0.2, 0.25) is 0 Å². The van der Waals surface area contributed by atoms with Crippen LogP contribution in [0.4, 0.5) is 11.4 Å². The molecule has 2 aliphatic rings. The van der Waals surface area contributed by atoms with Crippen LogP contribution < -0.4 is 9.47 Å². The first-order valence-electron chi connectivity index (χ1n) is 13.1. The Morgan fingerprint density at radius 3 is 1.17 bits per heavy atom. The Balaban J connectivity index is 1.25. The molecule has 0 radical (unpaired) electrons. The molecule has 0 bridgehead atoms. The van der Waals surface area contributed by atoms with E-state index in [4.69, 9.17) is 9.47 Å². The van der Waals surface area contributed by atoms with Crippen molar-refractivity contribution >= 4 is 35.0 Å². The Kier molecular flexibility index (Phi) is 6.79. The van der Waals surface area contributed by atoms with E-state index < -0.39 is 0 Å². The van der Waals surface area contributed by atoms with Crippen LogP contribution in [0.25, 0.3) is 0 Å². The molecule has 0 unspecified atom stereocenters. The highest BCUT2D eigenvalue weighted by atomic mass is 16.5. The number of hydrogen-bond acceptors (Lipinski definition) is 8. The summed E-state index contributed by atoms with van der Waals surface area (Å²) in [6.45, 7) is 0.107. The maximum Gasteiger partial charge on any atom is 0.261 e. The molecule has 10 heteroatoms. The first kappa shape index (κ1) is 26.6. The van der Waals surface area contributed by atoms with Crippen molar-refractivity contribution in [1.82, 2.24) is 9.80 Å². The number of imide groups is 2. The lowest BCUT2D eigenvalue weighted by Gasteiger charge is -2.15. The Bertz CT molecular complexity index is 1610. The minimum atomic E-state index is -0.353. The van der Waals surface area contributed by atoms with E-state index in [1.807, 2.05) is 0 Å². The summed E-state index contributed by atoms with van der Waals surface area (Å²) in [5.41, 5.74) is 3.58. The zero-order valence-electron chi connectivity index (χ0n) is 22.7. The molecule has 0 saturated heterocycles. The third kappa shape index (κ3) is 4.58. The van der Waals surface area contributed by atoms with Gasteiger partial charge in [0.15, 0.2) is 0 Å². The Morgan fingerprint density at radius 2 is 0.857 bits per heavy atom. The second-order valence-corrected chi connectivity index (χ2v) is 9.70. The number of hydrogen-bond donors (Lipinski definition) is 0. The fourth-order valence-corrected chi connectivity index (χ4v) is 5.06. The van der Waals surface area contributed by atoms with E-state index in [1.54, 1.807) is 84.9 Å². The number of carbonyl (C=O) groups is 4. The van der Waals surface area contributed by atoms with Gasteiger partial charge < -0.3 is 9.47 Å². The fourth-order valence-electron chi connectivity index (χ4n) is 5.06. The molecule has 6 rings (SSSR count). The van der Waals surface area contributed by atoms with Crippen LogP contribution >= 0.6 is 0 Å². The van der Waals surface area contributed by atoms with Gasteiger partial charge in [-0.1, -0.05) is 36.4 Å². The number of benzene rings is 4. The lowest BCUT2D eigenvalue weighted by Crippen LogP contribution is -2.29. The molecule has 0 fully saturated rings. The van der Waals surface area contributed by atoms with Gasteiger partial charge in [0, 0.05) is 0 Å². The van der Waals surface area contributed by atoms with E-state index in [1.165, 1.54) is 24.0 Å². The second-order valence-electron chi connectivity index (χ2n) is 9.70. The zero-order valence-corrected chi connectivity index (χ0v) is 22.7. The molecule has 0 saturated carbocycles. The molecule has 0 aromatic heterocycles. The topological polar surface area (TPSA) is 118 Å². The van der Waals surface area contributed by atoms with E-state index in [-0.39, 0.29) is 36.7 Å². The molecule has 4 amide bonds. The van der Waals surface area contributed by atoms with Gasteiger partial charge in [-0.25, -0.2) is 0 Å². The minimum Gasteiger partial charge on any atom is -0.494 e. The summed E-state index contributed by atoms with van der Waals surface area (Å²) in [5, 5.41) is 8.78. The monoisotopic (exact) mass is 560 g/mol. The quantitative estimate of drug-likeness (QED) is 0.201. The molecule has 2 heterocycles. The lowest BCUT2D eigenvalue weighted by molar-refractivity contribution is 0.0627. The van der Waals surface area contributed by atoms with Crippen LogP contribution in [-0.4, -0.2) is 47.6 Å². The fraction of sp³-hybridized carbons (Fsp3) is 0.125. The van der Waals surface area contributed by atoms with Gasteiger partial charge in [-0.3, -0.25) is 29.0 Å². The Hall–Kier alpha value is -5.64. The Morgan fingerprint density at radius 1 is 0.524 bits per heavy atom. The number of fused-ring (bicyclic) bond motifs is 2. The molecule has 208 valence electrons. The van der Waals surface area contributed by atoms with Gasteiger partial charge in [-0.15, -0.1) is 10.2 Å². The molecule has 0 aliphatic carbocycles. The molecule has 0 atom stereocenters. The van der Waals surface area contributed by atoms with Gasteiger partial charge in [-0.2, -0.15) is 0 Å². The SMILES string of the molecule is COc1ccc(CN2C(=O)c3ccccc3C2=O)cc1N=Nc1cc(CN2C(=O)c3ccccc3C2=O)ccc1OC. The maximum atomic E-state index is 12.8. The van der Waals surface area contributed by atoms with Crippen LogP contribution in [-0.2, 0) is 13.1 Å². The molecule has 0 N–H and O–H groups in total. The number of methoxy groups -OCH3 is 2. The summed E-state index contributed by atoms with van der Waals surface area (Å²) in [5.74, 6) is -0.538. The van der Waals surface area contributed by atoms with Gasteiger partial charge in [0.1, 0.15) is 22.9 Å². The van der Waals surface area contributed by atoms with Crippen molar-refractivity contribution in [1.29, 1.82) is 0 Å². The first-order valence-corrected chi connectivity index (χ1v) is 13.1. The Labute approximate surface area is 240 Å². The number of ether oxygens (including phenoxy) is 2. The lowest BCUT2D eigenvalue weighted by atomic mass is 10.1. The number of azo groups is 1. The zero-order chi connectivity index (χ0) is 29.4. The van der Waals surface area contributed by atoms with Crippen molar-refractivity contribution in [2.24, 2.45) is 10.2 Å². The van der Waals surface area contributed by atoms with Crippen LogP contribution in [0.5, 0.6) is 11.5 Å². The van der Waals surface area contributed by atoms with Crippen LogP contribution in [0, 0.1) is 0 Å². The highest BCUT2D eigenvalue weighted by Gasteiger charge is 2.36. The predicted octanol–water partition coefficient (Wildman–Crippen LogP) is 5.71. The summed E-state index contributed by atoms with van der Waals surface area (Å²) in [7, 11) is 3.00. The number of nitrogens with zero attached hydrogens (tertiary/aromatic N) is 4. The van der Waals surface area contributed by atoms with Crippen LogP contribution in [0.3, 0.4) is 0 Å². The van der Waals surface area contributed by atoms with Gasteiger partial charge in [0.2, 0.25) is 0 Å². The maximum absolute atomic E-state index is 12.8. The molecule has 42 heavy (non-hydrogen) atoms. The van der Waals surface area contributed by atoms with E-state index >= 15 is 0 Å². The largest absolute Gasteiger partial charge is 0.494 e. The highest BCUT2D eigenvalue weighted by molar-refractivity contribution is 6.22. The molecule has 2 aliphatic heterocycles. The van der Waals surface area contributed by atoms with Crippen LogP contribution in [0.15, 0.2) is 95.2 Å². The number of carbonyl (C=O) groups excluding carboxylic acids is 4. The number of amides is 4. The molecule has 4 aromatic rings. The van der Waals surface area contributed by atoms with Crippen molar-refractivity contribution in [2.45, 2.75) is 13.1 Å². The van der Waals surface area contributed by atoms with E-state index in [0.29, 0.717) is 56.3 Å². The van der Waals surface area contributed by atoms with E-state index in [2.05, 4.69) is 10.2 Å². The summed E-state index contributed by atoms with van der Waals surface area (Å²) >= 11 is 0. The van der Waals surface area contributed by atoms with E-state index in [0.717, 1.165) is 0 Å². The summed E-state index contributed by atoms with van der Waals surface area (Å²) in [4.78, 5) is 53.7.